The van der Waals surface area contributed by atoms with Crippen LogP contribution in [0.3, 0.4) is 0 Å². The zero-order valence-corrected chi connectivity index (χ0v) is 14.8. The van der Waals surface area contributed by atoms with Crippen molar-refractivity contribution in [3.8, 4) is 0 Å². The Kier molecular flexibility index (Phi) is 4.92. The fraction of sp³-hybridized carbons (Fsp3) is 0.312. The van der Waals surface area contributed by atoms with Gasteiger partial charge in [-0.3, -0.25) is 19.0 Å². The summed E-state index contributed by atoms with van der Waals surface area (Å²) in [6, 6.07) is 3.40. The molecule has 0 spiro atoms. The molecule has 0 saturated heterocycles. The van der Waals surface area contributed by atoms with Crippen molar-refractivity contribution in [2.75, 3.05) is 6.54 Å². The lowest BCUT2D eigenvalue weighted by Crippen LogP contribution is -2.45. The number of carbonyl (C=O) groups excluding carboxylic acids is 2. The predicted molar refractivity (Wildman–Crippen MR) is 93.8 cm³/mol. The molecule has 11 heteroatoms. The molecule has 3 aromatic rings. The molecule has 11 nitrogen and oxygen atoms in total. The zero-order chi connectivity index (χ0) is 19.6. The van der Waals surface area contributed by atoms with E-state index in [0.29, 0.717) is 5.76 Å². The van der Waals surface area contributed by atoms with E-state index in [-0.39, 0.29) is 24.3 Å². The number of nitrogens with one attached hydrogen (secondary N) is 2. The highest BCUT2D eigenvalue weighted by Crippen LogP contribution is 2.02. The van der Waals surface area contributed by atoms with Gasteiger partial charge in [0.25, 0.3) is 5.56 Å². The van der Waals surface area contributed by atoms with E-state index < -0.39 is 29.6 Å². The van der Waals surface area contributed by atoms with E-state index in [2.05, 4.69) is 15.6 Å². The molecule has 3 aromatic heterocycles. The molecule has 0 radical (unpaired) electrons. The van der Waals surface area contributed by atoms with Crippen molar-refractivity contribution in [3.63, 3.8) is 0 Å². The van der Waals surface area contributed by atoms with Gasteiger partial charge in [-0.1, -0.05) is 0 Å². The van der Waals surface area contributed by atoms with Gasteiger partial charge in [0.15, 0.2) is 11.2 Å². The molecule has 3 heterocycles. The normalized spacial score (nSPS) is 10.9. The van der Waals surface area contributed by atoms with E-state index in [4.69, 9.17) is 4.42 Å². The van der Waals surface area contributed by atoms with Gasteiger partial charge >= 0.3 is 5.69 Å². The van der Waals surface area contributed by atoms with Crippen LogP contribution in [0.25, 0.3) is 11.2 Å². The van der Waals surface area contributed by atoms with E-state index in [1.54, 1.807) is 19.2 Å². The van der Waals surface area contributed by atoms with Crippen molar-refractivity contribution in [1.82, 2.24) is 29.3 Å². The lowest BCUT2D eigenvalue weighted by atomic mass is 10.4. The molecule has 0 aliphatic rings. The number of furan rings is 1. The van der Waals surface area contributed by atoms with Gasteiger partial charge < -0.3 is 19.6 Å². The van der Waals surface area contributed by atoms with Crippen LogP contribution in [0.2, 0.25) is 0 Å². The van der Waals surface area contributed by atoms with Gasteiger partial charge in [0.05, 0.1) is 25.7 Å². The number of rotatable bonds is 6. The zero-order valence-electron chi connectivity index (χ0n) is 14.8. The third kappa shape index (κ3) is 3.66. The summed E-state index contributed by atoms with van der Waals surface area (Å²) in [7, 11) is 3.09. The minimum absolute atomic E-state index is 0.193. The maximum Gasteiger partial charge on any atom is 0.332 e. The maximum atomic E-state index is 12.5. The second-order valence-electron chi connectivity index (χ2n) is 5.89. The molecule has 2 amide bonds. The molecule has 0 aromatic carbocycles. The van der Waals surface area contributed by atoms with E-state index >= 15 is 0 Å². The Labute approximate surface area is 152 Å². The Balaban J connectivity index is 1.66. The number of hydrogen-bond acceptors (Lipinski definition) is 6. The summed E-state index contributed by atoms with van der Waals surface area (Å²) in [4.78, 5) is 52.7. The first-order chi connectivity index (χ1) is 12.9. The first-order valence-electron chi connectivity index (χ1n) is 8.05. The number of carbonyl (C=O) groups is 2. The first kappa shape index (κ1) is 18.2. The number of aromatic nitrogens is 4. The minimum atomic E-state index is -0.663. The third-order valence-corrected chi connectivity index (χ3v) is 3.99. The topological polar surface area (TPSA) is 133 Å². The van der Waals surface area contributed by atoms with Gasteiger partial charge in [0.1, 0.15) is 12.3 Å². The largest absolute Gasteiger partial charge is 0.467 e. The second kappa shape index (κ2) is 7.32. The molecule has 0 saturated carbocycles. The predicted octanol–water partition coefficient (Wildman–Crippen LogP) is -1.54. The highest BCUT2D eigenvalue weighted by atomic mass is 16.3. The fourth-order valence-electron chi connectivity index (χ4n) is 2.58. The number of hydrogen-bond donors (Lipinski definition) is 2. The molecule has 0 aliphatic heterocycles. The second-order valence-corrected chi connectivity index (χ2v) is 5.89. The Morgan fingerprint density at radius 3 is 2.67 bits per heavy atom. The standard InChI is InChI=1S/C16H18N6O5/c1-20-9-19-14-13(20)15(25)22(16(26)21(14)2)8-12(24)18-7-11(23)17-6-10-4-3-5-27-10/h3-5,9H,6-8H2,1-2H3,(H,17,23)(H,18,24). The molecule has 2 N–H and O–H groups in total. The van der Waals surface area contributed by atoms with Gasteiger partial charge in [0.2, 0.25) is 11.8 Å². The SMILES string of the molecule is Cn1cnc2c1c(=O)n(CC(=O)NCC(=O)NCc1ccco1)c(=O)n2C. The fourth-order valence-corrected chi connectivity index (χ4v) is 2.58. The Hall–Kier alpha value is -3.63. The van der Waals surface area contributed by atoms with E-state index in [1.165, 1.54) is 28.8 Å². The highest BCUT2D eigenvalue weighted by Gasteiger charge is 2.17. The summed E-state index contributed by atoms with van der Waals surface area (Å²) in [6.45, 7) is -0.598. The number of imidazole rings is 1. The van der Waals surface area contributed by atoms with Crippen molar-refractivity contribution in [3.05, 3.63) is 51.3 Å². The summed E-state index contributed by atoms with van der Waals surface area (Å²) < 4.78 is 8.56. The molecule has 0 atom stereocenters. The average Bonchev–Trinajstić information content (AvgIpc) is 3.29. The lowest BCUT2D eigenvalue weighted by Gasteiger charge is -2.09. The molecule has 27 heavy (non-hydrogen) atoms. The van der Waals surface area contributed by atoms with Gasteiger partial charge in [-0.05, 0) is 12.1 Å². The molecule has 142 valence electrons. The Bertz CT molecular complexity index is 1100. The van der Waals surface area contributed by atoms with Crippen molar-refractivity contribution < 1.29 is 14.0 Å². The molecule has 0 bridgehead atoms. The smallest absolute Gasteiger partial charge is 0.332 e. The van der Waals surface area contributed by atoms with Crippen molar-refractivity contribution in [2.45, 2.75) is 13.1 Å². The van der Waals surface area contributed by atoms with E-state index in [9.17, 15) is 19.2 Å². The van der Waals surface area contributed by atoms with Gasteiger partial charge in [-0.25, -0.2) is 14.3 Å². The summed E-state index contributed by atoms with van der Waals surface area (Å²) in [5, 5.41) is 4.95. The van der Waals surface area contributed by atoms with Crippen LogP contribution in [0, 0.1) is 0 Å². The van der Waals surface area contributed by atoms with E-state index in [1.807, 2.05) is 0 Å². The Morgan fingerprint density at radius 1 is 1.19 bits per heavy atom. The van der Waals surface area contributed by atoms with E-state index in [0.717, 1.165) is 4.57 Å². The number of fused-ring (bicyclic) bond motifs is 1. The summed E-state index contributed by atoms with van der Waals surface area (Å²) in [5.41, 5.74) is -0.836. The van der Waals surface area contributed by atoms with Crippen LogP contribution in [-0.4, -0.2) is 37.0 Å². The summed E-state index contributed by atoms with van der Waals surface area (Å²) in [5.74, 6) is -0.486. The van der Waals surface area contributed by atoms with Crippen molar-refractivity contribution in [1.29, 1.82) is 0 Å². The molecule has 0 fully saturated rings. The van der Waals surface area contributed by atoms with Crippen LogP contribution in [-0.2, 0) is 36.8 Å². The van der Waals surface area contributed by atoms with Crippen LogP contribution < -0.4 is 21.9 Å². The minimum Gasteiger partial charge on any atom is -0.467 e. The number of amides is 2. The number of nitrogens with zero attached hydrogens (tertiary/aromatic N) is 4. The van der Waals surface area contributed by atoms with Gasteiger partial charge in [0, 0.05) is 14.1 Å². The molecule has 0 unspecified atom stereocenters. The maximum absolute atomic E-state index is 12.5. The monoisotopic (exact) mass is 374 g/mol. The van der Waals surface area contributed by atoms with Crippen molar-refractivity contribution in [2.24, 2.45) is 14.1 Å². The van der Waals surface area contributed by atoms with Crippen LogP contribution >= 0.6 is 0 Å². The molecule has 0 aliphatic carbocycles. The quantitative estimate of drug-likeness (QED) is 0.537. The van der Waals surface area contributed by atoms with Gasteiger partial charge in [-0.15, -0.1) is 0 Å². The number of aryl methyl sites for hydroxylation is 2. The van der Waals surface area contributed by atoms with Crippen molar-refractivity contribution >= 4 is 23.0 Å². The summed E-state index contributed by atoms with van der Waals surface area (Å²) >= 11 is 0. The van der Waals surface area contributed by atoms with Crippen LogP contribution in [0.5, 0.6) is 0 Å². The lowest BCUT2D eigenvalue weighted by molar-refractivity contribution is -0.126. The van der Waals surface area contributed by atoms with Gasteiger partial charge in [-0.2, -0.15) is 0 Å². The average molecular weight is 374 g/mol. The third-order valence-electron chi connectivity index (χ3n) is 3.99. The Morgan fingerprint density at radius 2 is 1.96 bits per heavy atom. The van der Waals surface area contributed by atoms with Crippen LogP contribution in [0.4, 0.5) is 0 Å². The first-order valence-corrected chi connectivity index (χ1v) is 8.05. The van der Waals surface area contributed by atoms with Crippen LogP contribution in [0.1, 0.15) is 5.76 Å². The highest BCUT2D eigenvalue weighted by molar-refractivity contribution is 5.84. The molecular weight excluding hydrogens is 356 g/mol. The summed E-state index contributed by atoms with van der Waals surface area (Å²) in [6.07, 6.45) is 2.90. The molecular formula is C16H18N6O5. The molecule has 3 rings (SSSR count). The van der Waals surface area contributed by atoms with Crippen LogP contribution in [0.15, 0.2) is 38.7 Å².